The lowest BCUT2D eigenvalue weighted by atomic mass is 9.78. The molecule has 0 N–H and O–H groups in total. The molecule has 1 fully saturated rings. The lowest BCUT2D eigenvalue weighted by Gasteiger charge is -2.28. The van der Waals surface area contributed by atoms with Crippen molar-refractivity contribution in [3.8, 4) is 5.75 Å². The van der Waals surface area contributed by atoms with Crippen LogP contribution in [0.15, 0.2) is 6.07 Å². The number of hydrogen-bond donors (Lipinski definition) is 0. The molecule has 1 saturated carbocycles. The van der Waals surface area contributed by atoms with Gasteiger partial charge in [0.15, 0.2) is 11.6 Å². The van der Waals surface area contributed by atoms with Gasteiger partial charge < -0.3 is 4.74 Å². The van der Waals surface area contributed by atoms with Crippen molar-refractivity contribution in [1.29, 1.82) is 0 Å². The van der Waals surface area contributed by atoms with Gasteiger partial charge in [0.1, 0.15) is 0 Å². The van der Waals surface area contributed by atoms with Crippen molar-refractivity contribution in [3.63, 3.8) is 0 Å². The van der Waals surface area contributed by atoms with E-state index >= 15 is 0 Å². The molecule has 2 rings (SSSR count). The minimum Gasteiger partial charge on any atom is -0.490 e. The number of unbranched alkanes of at least 4 members (excludes halogenated alkanes) is 1. The van der Waals surface area contributed by atoms with Crippen LogP contribution in [-0.2, 0) is 6.42 Å². The van der Waals surface area contributed by atoms with Crippen molar-refractivity contribution in [2.24, 2.45) is 11.8 Å². The minimum atomic E-state index is -0.816. The van der Waals surface area contributed by atoms with Gasteiger partial charge in [0.2, 0.25) is 5.82 Å². The van der Waals surface area contributed by atoms with Crippen LogP contribution in [0.4, 0.5) is 8.78 Å². The van der Waals surface area contributed by atoms with Crippen molar-refractivity contribution in [2.45, 2.75) is 85.0 Å². The molecule has 0 aromatic heterocycles. The molecule has 1 aromatic rings. The third-order valence-corrected chi connectivity index (χ3v) is 5.72. The number of benzene rings is 1. The quantitative estimate of drug-likeness (QED) is 0.435. The average Bonchev–Trinajstić information content (AvgIpc) is 2.61. The third-order valence-electron chi connectivity index (χ3n) is 5.72. The topological polar surface area (TPSA) is 9.23 Å². The predicted octanol–water partition coefficient (Wildman–Crippen LogP) is 6.99. The van der Waals surface area contributed by atoms with Crippen molar-refractivity contribution < 1.29 is 13.5 Å². The summed E-state index contributed by atoms with van der Waals surface area (Å²) in [5.74, 6) is 0.0916. The van der Waals surface area contributed by atoms with Crippen molar-refractivity contribution in [3.05, 3.63) is 28.8 Å². The molecule has 0 heterocycles. The zero-order valence-corrected chi connectivity index (χ0v) is 16.2. The molecule has 0 bridgehead atoms. The molecule has 1 aliphatic carbocycles. The van der Waals surface area contributed by atoms with Gasteiger partial charge >= 0.3 is 0 Å². The summed E-state index contributed by atoms with van der Waals surface area (Å²) >= 11 is 0. The fourth-order valence-corrected chi connectivity index (χ4v) is 4.06. The Hall–Kier alpha value is -1.12. The van der Waals surface area contributed by atoms with Gasteiger partial charge in [-0.05, 0) is 55.2 Å². The molecule has 1 nitrogen and oxygen atoms in total. The summed E-state index contributed by atoms with van der Waals surface area (Å²) in [6, 6.07) is 1.67. The Morgan fingerprint density at radius 3 is 2.20 bits per heavy atom. The summed E-state index contributed by atoms with van der Waals surface area (Å²) in [6.45, 7) is 6.60. The normalized spacial score (nSPS) is 20.7. The van der Waals surface area contributed by atoms with Crippen molar-refractivity contribution in [1.82, 2.24) is 0 Å². The lowest BCUT2D eigenvalue weighted by Crippen LogP contribution is -2.15. The molecular formula is C22H34F2O. The molecule has 25 heavy (non-hydrogen) atoms. The molecule has 0 aliphatic heterocycles. The van der Waals surface area contributed by atoms with Crippen molar-refractivity contribution in [2.75, 3.05) is 6.61 Å². The second kappa shape index (κ2) is 10.1. The van der Waals surface area contributed by atoms with E-state index in [0.717, 1.165) is 30.7 Å². The molecule has 0 unspecified atom stereocenters. The highest BCUT2D eigenvalue weighted by molar-refractivity contribution is 5.38. The van der Waals surface area contributed by atoms with Gasteiger partial charge in [-0.15, -0.1) is 0 Å². The van der Waals surface area contributed by atoms with E-state index in [0.29, 0.717) is 24.5 Å². The number of ether oxygens (including phenoxy) is 1. The Morgan fingerprint density at radius 1 is 0.960 bits per heavy atom. The Morgan fingerprint density at radius 2 is 1.60 bits per heavy atom. The first kappa shape index (κ1) is 20.2. The predicted molar refractivity (Wildman–Crippen MR) is 100 cm³/mol. The summed E-state index contributed by atoms with van der Waals surface area (Å²) < 4.78 is 34.2. The second-order valence-electron chi connectivity index (χ2n) is 7.71. The number of aryl methyl sites for hydroxylation is 1. The van der Waals surface area contributed by atoms with Crippen LogP contribution in [-0.4, -0.2) is 6.61 Å². The molecule has 3 heteroatoms. The fourth-order valence-electron chi connectivity index (χ4n) is 4.06. The Bertz CT molecular complexity index is 533. The maximum Gasteiger partial charge on any atom is 0.200 e. The molecule has 1 aliphatic rings. The van der Waals surface area contributed by atoms with Crippen LogP contribution in [0.2, 0.25) is 0 Å². The Kier molecular flexibility index (Phi) is 8.18. The minimum absolute atomic E-state index is 0.0623. The molecular weight excluding hydrogens is 318 g/mol. The fraction of sp³-hybridized carbons (Fsp3) is 0.727. The Labute approximate surface area is 152 Å². The summed E-state index contributed by atoms with van der Waals surface area (Å²) in [7, 11) is 0. The van der Waals surface area contributed by atoms with Crippen molar-refractivity contribution >= 4 is 0 Å². The molecule has 0 spiro atoms. The summed E-state index contributed by atoms with van der Waals surface area (Å²) in [5, 5.41) is 0. The second-order valence-corrected chi connectivity index (χ2v) is 7.71. The number of halogens is 2. The maximum atomic E-state index is 14.5. The van der Waals surface area contributed by atoms with Gasteiger partial charge in [-0.25, -0.2) is 4.39 Å². The van der Waals surface area contributed by atoms with Crippen LogP contribution in [0.3, 0.4) is 0 Å². The number of rotatable bonds is 9. The van der Waals surface area contributed by atoms with E-state index in [4.69, 9.17) is 4.74 Å². The highest BCUT2D eigenvalue weighted by atomic mass is 19.2. The highest BCUT2D eigenvalue weighted by Crippen LogP contribution is 2.35. The highest BCUT2D eigenvalue weighted by Gasteiger charge is 2.22. The molecule has 0 atom stereocenters. The summed E-state index contributed by atoms with van der Waals surface area (Å²) in [5.41, 5.74) is 1.35. The average molecular weight is 353 g/mol. The smallest absolute Gasteiger partial charge is 0.200 e. The Balaban J connectivity index is 1.92. The van der Waals surface area contributed by atoms with E-state index in [1.54, 1.807) is 6.07 Å². The molecule has 0 saturated heterocycles. The summed E-state index contributed by atoms with van der Waals surface area (Å²) in [6.07, 6.45) is 11.1. The standard InChI is InChI=1S/C22H34F2O/c1-4-6-14-25-20-15-16(3)19(21(23)22(20)24)13-12-18-10-8-17(7-5-2)9-11-18/h15,17-18H,4-14H2,1-3H3. The van der Waals surface area contributed by atoms with Gasteiger partial charge in [-0.2, -0.15) is 4.39 Å². The van der Waals surface area contributed by atoms with Gasteiger partial charge in [0.05, 0.1) is 6.61 Å². The van der Waals surface area contributed by atoms with E-state index < -0.39 is 11.6 Å². The first-order valence-electron chi connectivity index (χ1n) is 10.2. The van der Waals surface area contributed by atoms with E-state index in [2.05, 4.69) is 6.92 Å². The van der Waals surface area contributed by atoms with Gasteiger partial charge in [-0.3, -0.25) is 0 Å². The molecule has 0 amide bonds. The van der Waals surface area contributed by atoms with E-state index in [1.165, 1.54) is 38.5 Å². The van der Waals surface area contributed by atoms with Crippen LogP contribution in [0.5, 0.6) is 5.75 Å². The van der Waals surface area contributed by atoms with E-state index in [-0.39, 0.29) is 5.75 Å². The number of hydrogen-bond acceptors (Lipinski definition) is 1. The maximum absolute atomic E-state index is 14.5. The summed E-state index contributed by atoms with van der Waals surface area (Å²) in [4.78, 5) is 0. The SMILES string of the molecule is CCCCOc1cc(C)c(CCC2CCC(CCC)CC2)c(F)c1F. The first-order chi connectivity index (χ1) is 12.1. The van der Waals surface area contributed by atoms with E-state index in [9.17, 15) is 8.78 Å². The van der Waals surface area contributed by atoms with Gasteiger partial charge in [0.25, 0.3) is 0 Å². The van der Waals surface area contributed by atoms with Crippen LogP contribution in [0.25, 0.3) is 0 Å². The lowest BCUT2D eigenvalue weighted by molar-refractivity contribution is 0.251. The van der Waals surface area contributed by atoms with E-state index in [1.807, 2.05) is 13.8 Å². The molecule has 142 valence electrons. The largest absolute Gasteiger partial charge is 0.490 e. The van der Waals surface area contributed by atoms with Crippen LogP contribution in [0.1, 0.15) is 82.8 Å². The molecule has 1 aromatic carbocycles. The molecule has 0 radical (unpaired) electrons. The van der Waals surface area contributed by atoms with Crippen LogP contribution < -0.4 is 4.74 Å². The monoisotopic (exact) mass is 352 g/mol. The van der Waals surface area contributed by atoms with Crippen LogP contribution >= 0.6 is 0 Å². The zero-order chi connectivity index (χ0) is 18.2. The zero-order valence-electron chi connectivity index (χ0n) is 16.2. The third kappa shape index (κ3) is 5.69. The van der Waals surface area contributed by atoms with Gasteiger partial charge in [-0.1, -0.05) is 58.8 Å². The van der Waals surface area contributed by atoms with Crippen LogP contribution in [0, 0.1) is 30.4 Å². The first-order valence-corrected chi connectivity index (χ1v) is 10.2. The van der Waals surface area contributed by atoms with Gasteiger partial charge in [0, 0.05) is 0 Å².